The molecule has 0 aliphatic rings. The predicted molar refractivity (Wildman–Crippen MR) is 334 cm³/mol. The van der Waals surface area contributed by atoms with E-state index in [2.05, 4.69) is 167 Å². The van der Waals surface area contributed by atoms with Gasteiger partial charge >= 0.3 is 17.9 Å². The summed E-state index contributed by atoms with van der Waals surface area (Å²) in [5.41, 5.74) is 0. The van der Waals surface area contributed by atoms with Crippen molar-refractivity contribution >= 4 is 17.9 Å². The van der Waals surface area contributed by atoms with Crippen LogP contribution in [-0.4, -0.2) is 37.2 Å². The maximum atomic E-state index is 12.9. The van der Waals surface area contributed by atoms with E-state index in [-0.39, 0.29) is 31.1 Å². The molecule has 0 aromatic carbocycles. The van der Waals surface area contributed by atoms with E-state index in [1.54, 1.807) is 0 Å². The molecule has 0 aromatic heterocycles. The second kappa shape index (κ2) is 63.8. The summed E-state index contributed by atoms with van der Waals surface area (Å²) in [6, 6.07) is 0. The Kier molecular flexibility index (Phi) is 59.9. The average Bonchev–Trinajstić information content (AvgIpc) is 3.43. The molecule has 1 atom stereocenters. The lowest BCUT2D eigenvalue weighted by molar-refractivity contribution is -0.167. The monoisotopic (exact) mass is 1060 g/mol. The number of carbonyl (C=O) groups is 3. The van der Waals surface area contributed by atoms with Crippen LogP contribution >= 0.6 is 0 Å². The summed E-state index contributed by atoms with van der Waals surface area (Å²) in [5, 5.41) is 0. The van der Waals surface area contributed by atoms with E-state index in [4.69, 9.17) is 14.2 Å². The summed E-state index contributed by atoms with van der Waals surface area (Å²) < 4.78 is 16.9. The van der Waals surface area contributed by atoms with Gasteiger partial charge in [0.25, 0.3) is 0 Å². The first-order chi connectivity index (χ1) is 38.0. The fraction of sp³-hybridized carbons (Fsp3) is 0.620. The number of hydrogen-bond donors (Lipinski definition) is 0. The van der Waals surface area contributed by atoms with E-state index < -0.39 is 6.10 Å². The van der Waals surface area contributed by atoms with Crippen LogP contribution in [0.4, 0.5) is 0 Å². The first-order valence-corrected chi connectivity index (χ1v) is 31.3. The maximum absolute atomic E-state index is 12.9. The highest BCUT2D eigenvalue weighted by Gasteiger charge is 2.19. The Labute approximate surface area is 474 Å². The number of allylic oxidation sites excluding steroid dienone is 24. The van der Waals surface area contributed by atoms with Crippen molar-refractivity contribution < 1.29 is 28.6 Å². The van der Waals surface area contributed by atoms with E-state index >= 15 is 0 Å². The zero-order valence-electron chi connectivity index (χ0n) is 49.7. The van der Waals surface area contributed by atoms with E-state index in [1.807, 2.05) is 0 Å². The Morgan fingerprint density at radius 3 is 0.792 bits per heavy atom. The van der Waals surface area contributed by atoms with Gasteiger partial charge in [-0.05, 0) is 148 Å². The highest BCUT2D eigenvalue weighted by Crippen LogP contribution is 2.13. The van der Waals surface area contributed by atoms with Crippen molar-refractivity contribution in [2.24, 2.45) is 0 Å². The minimum Gasteiger partial charge on any atom is -0.462 e. The standard InChI is InChI=1S/C71H114O6/c1-4-7-10-13-16-19-22-25-28-29-30-31-32-33-34-35-36-37-38-39-40-41-44-46-49-52-55-58-61-64-70(73)76-67-68(77-71(74)65-62-59-56-53-50-47-43-27-24-21-18-15-12-9-6-3)66-75-69(72)63-60-57-54-51-48-45-42-26-23-20-17-14-11-8-5-2/h7,10,16-21,25-28,30-31,33-34,36-37,39-40,42-44,46,68H,4-6,8-9,11-15,22-24,29,32,35,38,41,45,47-67H2,1-3H3/b10-7-,19-16-,20-17-,21-18-,28-25-,31-30-,34-33-,37-36-,40-39-,42-26-,43-27-,46-44-. The molecule has 0 aromatic rings. The summed E-state index contributed by atoms with van der Waals surface area (Å²) in [7, 11) is 0. The molecule has 0 bridgehead atoms. The molecule has 434 valence electrons. The van der Waals surface area contributed by atoms with Crippen LogP contribution in [0, 0.1) is 0 Å². The Hall–Kier alpha value is -4.71. The molecule has 6 heteroatoms. The second-order valence-corrected chi connectivity index (χ2v) is 20.2. The van der Waals surface area contributed by atoms with Crippen LogP contribution in [0.1, 0.15) is 265 Å². The van der Waals surface area contributed by atoms with E-state index in [1.165, 1.54) is 51.4 Å². The summed E-state index contributed by atoms with van der Waals surface area (Å²) in [6.07, 6.45) is 91.3. The van der Waals surface area contributed by atoms with Crippen molar-refractivity contribution in [3.8, 4) is 0 Å². The van der Waals surface area contributed by atoms with Gasteiger partial charge in [-0.15, -0.1) is 0 Å². The lowest BCUT2D eigenvalue weighted by Gasteiger charge is -2.18. The lowest BCUT2D eigenvalue weighted by Crippen LogP contribution is -2.30. The van der Waals surface area contributed by atoms with Crippen LogP contribution in [0.25, 0.3) is 0 Å². The highest BCUT2D eigenvalue weighted by molar-refractivity contribution is 5.71. The Balaban J connectivity index is 4.43. The molecule has 0 saturated carbocycles. The minimum absolute atomic E-state index is 0.104. The third-order valence-corrected chi connectivity index (χ3v) is 12.8. The van der Waals surface area contributed by atoms with Crippen LogP contribution in [0.2, 0.25) is 0 Å². The van der Waals surface area contributed by atoms with E-state index in [0.717, 1.165) is 173 Å². The van der Waals surface area contributed by atoms with Gasteiger partial charge in [0, 0.05) is 19.3 Å². The van der Waals surface area contributed by atoms with Gasteiger partial charge in [0.15, 0.2) is 6.10 Å². The van der Waals surface area contributed by atoms with Crippen molar-refractivity contribution in [2.45, 2.75) is 271 Å². The Morgan fingerprint density at radius 2 is 0.506 bits per heavy atom. The molecule has 0 saturated heterocycles. The number of carbonyl (C=O) groups excluding carboxylic acids is 3. The molecule has 1 unspecified atom stereocenters. The van der Waals surface area contributed by atoms with Crippen LogP contribution < -0.4 is 0 Å². The van der Waals surface area contributed by atoms with Crippen molar-refractivity contribution in [1.82, 2.24) is 0 Å². The zero-order valence-corrected chi connectivity index (χ0v) is 49.7. The number of rotatable bonds is 55. The predicted octanol–water partition coefficient (Wildman–Crippen LogP) is 21.5. The number of ether oxygens (including phenoxy) is 3. The van der Waals surface area contributed by atoms with Gasteiger partial charge in [0.05, 0.1) is 0 Å². The molecule has 0 aliphatic heterocycles. The molecule has 0 N–H and O–H groups in total. The van der Waals surface area contributed by atoms with Crippen molar-refractivity contribution in [2.75, 3.05) is 13.2 Å². The van der Waals surface area contributed by atoms with Crippen LogP contribution in [0.15, 0.2) is 146 Å². The molecule has 0 radical (unpaired) electrons. The summed E-state index contributed by atoms with van der Waals surface area (Å²) in [6.45, 7) is 6.42. The van der Waals surface area contributed by atoms with Gasteiger partial charge in [0.2, 0.25) is 0 Å². The van der Waals surface area contributed by atoms with E-state index in [0.29, 0.717) is 19.3 Å². The Morgan fingerprint density at radius 1 is 0.273 bits per heavy atom. The molecule has 0 fully saturated rings. The SMILES string of the molecule is CC/C=C\C/C=C\C/C=C\C/C=C\C/C=C\C/C=C\C/C=C\C/C=C\CCCCCCC(=O)OCC(COC(=O)CCCCCCC/C=C\C/C=C\CCCCC)OC(=O)CCCCCCC/C=C\C/C=C\CCCCC. The summed E-state index contributed by atoms with van der Waals surface area (Å²) in [5.74, 6) is -0.959. The number of hydrogen-bond acceptors (Lipinski definition) is 6. The van der Waals surface area contributed by atoms with E-state index in [9.17, 15) is 14.4 Å². The maximum Gasteiger partial charge on any atom is 0.306 e. The smallest absolute Gasteiger partial charge is 0.306 e. The van der Waals surface area contributed by atoms with Gasteiger partial charge in [-0.3, -0.25) is 14.4 Å². The molecule has 0 rings (SSSR count). The lowest BCUT2D eigenvalue weighted by atomic mass is 10.1. The van der Waals surface area contributed by atoms with Gasteiger partial charge < -0.3 is 14.2 Å². The molecule has 0 heterocycles. The number of esters is 3. The summed E-state index contributed by atoms with van der Waals surface area (Å²) in [4.78, 5) is 38.3. The third-order valence-electron chi connectivity index (χ3n) is 12.8. The molecular formula is C71H114O6. The van der Waals surface area contributed by atoms with Crippen molar-refractivity contribution in [3.63, 3.8) is 0 Å². The van der Waals surface area contributed by atoms with Gasteiger partial charge in [-0.1, -0.05) is 244 Å². The topological polar surface area (TPSA) is 78.9 Å². The largest absolute Gasteiger partial charge is 0.462 e. The first-order valence-electron chi connectivity index (χ1n) is 31.3. The molecule has 0 spiro atoms. The third kappa shape index (κ3) is 62.0. The quantitative estimate of drug-likeness (QED) is 0.0261. The van der Waals surface area contributed by atoms with Crippen LogP contribution in [-0.2, 0) is 28.6 Å². The summed E-state index contributed by atoms with van der Waals surface area (Å²) >= 11 is 0. The average molecular weight is 1060 g/mol. The minimum atomic E-state index is -0.809. The Bertz CT molecular complexity index is 1700. The molecule has 6 nitrogen and oxygen atoms in total. The normalized spacial score (nSPS) is 13.1. The second-order valence-electron chi connectivity index (χ2n) is 20.2. The molecular weight excluding hydrogens is 949 g/mol. The van der Waals surface area contributed by atoms with Gasteiger partial charge in [-0.2, -0.15) is 0 Å². The fourth-order valence-corrected chi connectivity index (χ4v) is 8.11. The van der Waals surface area contributed by atoms with Crippen molar-refractivity contribution in [3.05, 3.63) is 146 Å². The van der Waals surface area contributed by atoms with Gasteiger partial charge in [-0.25, -0.2) is 0 Å². The zero-order chi connectivity index (χ0) is 55.7. The van der Waals surface area contributed by atoms with Crippen LogP contribution in [0.3, 0.4) is 0 Å². The number of unbranched alkanes of at least 4 members (excludes halogenated alkanes) is 20. The first kappa shape index (κ1) is 72.3. The van der Waals surface area contributed by atoms with Crippen LogP contribution in [0.5, 0.6) is 0 Å². The molecule has 0 amide bonds. The van der Waals surface area contributed by atoms with Crippen molar-refractivity contribution in [1.29, 1.82) is 0 Å². The highest BCUT2D eigenvalue weighted by atomic mass is 16.6. The molecule has 0 aliphatic carbocycles. The van der Waals surface area contributed by atoms with Gasteiger partial charge in [0.1, 0.15) is 13.2 Å². The molecule has 77 heavy (non-hydrogen) atoms. The fourth-order valence-electron chi connectivity index (χ4n) is 8.11.